The molecule has 7 nitrogen and oxygen atoms in total. The van der Waals surface area contributed by atoms with Gasteiger partial charge in [-0.3, -0.25) is 15.6 Å². The summed E-state index contributed by atoms with van der Waals surface area (Å²) in [5, 5.41) is 14.2. The van der Waals surface area contributed by atoms with E-state index in [9.17, 15) is 23.5 Å². The van der Waals surface area contributed by atoms with Gasteiger partial charge in [-0.1, -0.05) is 6.07 Å². The van der Waals surface area contributed by atoms with Crippen molar-refractivity contribution in [2.45, 2.75) is 0 Å². The number of carboxylic acid groups (broad SMARTS) is 1. The van der Waals surface area contributed by atoms with Crippen LogP contribution in [-0.2, 0) is 0 Å². The van der Waals surface area contributed by atoms with E-state index in [0.29, 0.717) is 10.4 Å². The first-order valence-electron chi connectivity index (χ1n) is 7.10. The van der Waals surface area contributed by atoms with Crippen LogP contribution in [-0.4, -0.2) is 27.1 Å². The van der Waals surface area contributed by atoms with E-state index in [0.717, 1.165) is 23.5 Å². The van der Waals surface area contributed by atoms with Gasteiger partial charge in [-0.25, -0.2) is 23.4 Å². The fraction of sp³-hybridized carbons (Fsp3) is 0. The van der Waals surface area contributed by atoms with Gasteiger partial charge >= 0.3 is 12.0 Å². The molecule has 2 heterocycles. The number of benzene rings is 1. The second-order valence-corrected chi connectivity index (χ2v) is 6.01. The van der Waals surface area contributed by atoms with Gasteiger partial charge < -0.3 is 5.11 Å². The summed E-state index contributed by atoms with van der Waals surface area (Å²) in [7, 11) is 0. The molecule has 0 aliphatic rings. The van der Waals surface area contributed by atoms with Crippen LogP contribution in [0.25, 0.3) is 10.4 Å². The van der Waals surface area contributed by atoms with Crippen LogP contribution in [0.4, 0.5) is 24.4 Å². The van der Waals surface area contributed by atoms with E-state index in [1.807, 2.05) is 0 Å². The lowest BCUT2D eigenvalue weighted by Crippen LogP contribution is -2.20. The second kappa shape index (κ2) is 7.23. The molecule has 10 heteroatoms. The highest BCUT2D eigenvalue weighted by Gasteiger charge is 2.19. The normalized spacial score (nSPS) is 10.4. The lowest BCUT2D eigenvalue weighted by molar-refractivity contribution is 0.0698. The maximum Gasteiger partial charge on any atom is 0.338 e. The van der Waals surface area contributed by atoms with Crippen molar-refractivity contribution < 1.29 is 23.5 Å². The molecule has 0 aliphatic heterocycles. The van der Waals surface area contributed by atoms with Crippen molar-refractivity contribution in [2.24, 2.45) is 0 Å². The summed E-state index contributed by atoms with van der Waals surface area (Å²) in [6.07, 6.45) is 4.13. The molecular weight excluding hydrogens is 366 g/mol. The Morgan fingerprint density at radius 1 is 1.08 bits per heavy atom. The second-order valence-electron chi connectivity index (χ2n) is 4.96. The summed E-state index contributed by atoms with van der Waals surface area (Å²) < 4.78 is 26.5. The molecule has 2 aromatic heterocycles. The van der Waals surface area contributed by atoms with Gasteiger partial charge in [0.25, 0.3) is 0 Å². The van der Waals surface area contributed by atoms with Gasteiger partial charge in [-0.05, 0) is 23.8 Å². The van der Waals surface area contributed by atoms with Crippen LogP contribution in [0.2, 0.25) is 0 Å². The van der Waals surface area contributed by atoms with Crippen molar-refractivity contribution >= 4 is 34.2 Å². The maximum atomic E-state index is 13.4. The summed E-state index contributed by atoms with van der Waals surface area (Å²) in [5.74, 6) is -3.16. The van der Waals surface area contributed by atoms with Gasteiger partial charge in [-0.15, -0.1) is 11.3 Å². The Bertz CT molecular complexity index is 979. The van der Waals surface area contributed by atoms with Crippen LogP contribution in [0.15, 0.2) is 42.9 Å². The Labute approximate surface area is 149 Å². The van der Waals surface area contributed by atoms with Gasteiger partial charge in [0.2, 0.25) is 0 Å². The standard InChI is InChI=1S/C16H10F2N4O3S/c17-10-2-1-8(5-11(10)18)12-6-9(15(23)24)14(26-12)22-16(25)21-13-7-19-3-4-20-13/h1-7H,(H,23,24)(H2,20,21,22,25). The first kappa shape index (κ1) is 17.4. The zero-order valence-corrected chi connectivity index (χ0v) is 13.7. The number of hydrogen-bond donors (Lipinski definition) is 3. The molecule has 3 rings (SSSR count). The average Bonchev–Trinajstić information content (AvgIpc) is 3.02. The molecule has 0 aliphatic carbocycles. The first-order chi connectivity index (χ1) is 12.4. The van der Waals surface area contributed by atoms with Crippen molar-refractivity contribution in [1.82, 2.24) is 9.97 Å². The summed E-state index contributed by atoms with van der Waals surface area (Å²) in [6.45, 7) is 0. The van der Waals surface area contributed by atoms with Crippen LogP contribution in [0.1, 0.15) is 10.4 Å². The lowest BCUT2D eigenvalue weighted by Gasteiger charge is -2.05. The number of halogens is 2. The van der Waals surface area contributed by atoms with Crippen LogP contribution in [0.5, 0.6) is 0 Å². The van der Waals surface area contributed by atoms with Crippen molar-refractivity contribution in [3.8, 4) is 10.4 Å². The number of thiophene rings is 1. The quantitative estimate of drug-likeness (QED) is 0.642. The number of rotatable bonds is 4. The van der Waals surface area contributed by atoms with Crippen molar-refractivity contribution in [1.29, 1.82) is 0 Å². The van der Waals surface area contributed by atoms with E-state index < -0.39 is 23.6 Å². The van der Waals surface area contributed by atoms with Crippen molar-refractivity contribution in [2.75, 3.05) is 10.6 Å². The molecule has 0 spiro atoms. The highest BCUT2D eigenvalue weighted by molar-refractivity contribution is 7.20. The van der Waals surface area contributed by atoms with E-state index in [-0.39, 0.29) is 16.4 Å². The SMILES string of the molecule is O=C(Nc1cnccn1)Nc1sc(-c2ccc(F)c(F)c2)cc1C(=O)O. The molecule has 3 aromatic rings. The minimum Gasteiger partial charge on any atom is -0.478 e. The number of aromatic nitrogens is 2. The van der Waals surface area contributed by atoms with Gasteiger partial charge in [0.05, 0.1) is 11.8 Å². The minimum absolute atomic E-state index is 0.0404. The third-order valence-electron chi connectivity index (χ3n) is 3.20. The number of urea groups is 1. The Hall–Kier alpha value is -3.40. The van der Waals surface area contributed by atoms with Crippen LogP contribution < -0.4 is 10.6 Å². The number of anilines is 2. The van der Waals surface area contributed by atoms with Gasteiger partial charge in [-0.2, -0.15) is 0 Å². The molecule has 1 aromatic carbocycles. The van der Waals surface area contributed by atoms with Crippen LogP contribution in [0, 0.1) is 11.6 Å². The maximum absolute atomic E-state index is 13.4. The summed E-state index contributed by atoms with van der Waals surface area (Å²) in [6, 6.07) is 3.78. The lowest BCUT2D eigenvalue weighted by atomic mass is 10.1. The molecular formula is C16H10F2N4O3S. The Balaban J connectivity index is 1.86. The van der Waals surface area contributed by atoms with Crippen molar-refractivity contribution in [3.63, 3.8) is 0 Å². The number of carboxylic acids is 1. The summed E-state index contributed by atoms with van der Waals surface area (Å²) in [4.78, 5) is 31.4. The number of hydrogen-bond acceptors (Lipinski definition) is 5. The zero-order valence-electron chi connectivity index (χ0n) is 12.9. The summed E-state index contributed by atoms with van der Waals surface area (Å²) in [5.41, 5.74) is 0.114. The minimum atomic E-state index is -1.27. The van der Waals surface area contributed by atoms with Gasteiger partial charge in [0.1, 0.15) is 5.00 Å². The smallest absolute Gasteiger partial charge is 0.338 e. The number of nitrogens with one attached hydrogen (secondary N) is 2. The number of carbonyl (C=O) groups excluding carboxylic acids is 1. The fourth-order valence-electron chi connectivity index (χ4n) is 2.05. The average molecular weight is 376 g/mol. The largest absolute Gasteiger partial charge is 0.478 e. The van der Waals surface area contributed by atoms with E-state index in [1.165, 1.54) is 30.7 Å². The molecule has 132 valence electrons. The molecule has 26 heavy (non-hydrogen) atoms. The Kier molecular flexibility index (Phi) is 4.85. The third kappa shape index (κ3) is 3.81. The molecule has 0 unspecified atom stereocenters. The van der Waals surface area contributed by atoms with Gasteiger partial charge in [0, 0.05) is 17.3 Å². The van der Waals surface area contributed by atoms with E-state index in [4.69, 9.17) is 0 Å². The molecule has 0 saturated heterocycles. The van der Waals surface area contributed by atoms with E-state index in [1.54, 1.807) is 0 Å². The number of carbonyl (C=O) groups is 2. The number of aromatic carboxylic acids is 1. The molecule has 2 amide bonds. The monoisotopic (exact) mass is 376 g/mol. The zero-order chi connectivity index (χ0) is 18.7. The first-order valence-corrected chi connectivity index (χ1v) is 7.92. The Morgan fingerprint density at radius 3 is 2.54 bits per heavy atom. The van der Waals surface area contributed by atoms with Crippen LogP contribution >= 0.6 is 11.3 Å². The molecule has 0 atom stereocenters. The van der Waals surface area contributed by atoms with Crippen LogP contribution in [0.3, 0.4) is 0 Å². The predicted octanol–water partition coefficient (Wildman–Crippen LogP) is 3.83. The highest BCUT2D eigenvalue weighted by Crippen LogP contribution is 2.36. The summed E-state index contributed by atoms with van der Waals surface area (Å²) >= 11 is 0.916. The molecule has 0 saturated carbocycles. The molecule has 0 radical (unpaired) electrons. The molecule has 0 fully saturated rings. The Morgan fingerprint density at radius 2 is 1.88 bits per heavy atom. The molecule has 3 N–H and O–H groups in total. The molecule has 0 bridgehead atoms. The predicted molar refractivity (Wildman–Crippen MR) is 91.3 cm³/mol. The number of nitrogens with zero attached hydrogens (tertiary/aromatic N) is 2. The van der Waals surface area contributed by atoms with E-state index >= 15 is 0 Å². The van der Waals surface area contributed by atoms with Gasteiger partial charge in [0.15, 0.2) is 17.5 Å². The van der Waals surface area contributed by atoms with E-state index in [2.05, 4.69) is 20.6 Å². The highest BCUT2D eigenvalue weighted by atomic mass is 32.1. The van der Waals surface area contributed by atoms with Crippen molar-refractivity contribution in [3.05, 3.63) is 60.1 Å². The fourth-order valence-corrected chi connectivity index (χ4v) is 3.09. The number of amides is 2. The third-order valence-corrected chi connectivity index (χ3v) is 4.30. The topological polar surface area (TPSA) is 104 Å².